The van der Waals surface area contributed by atoms with E-state index in [1.54, 1.807) is 0 Å². The molecule has 0 radical (unpaired) electrons. The highest BCUT2D eigenvalue weighted by Crippen LogP contribution is 2.30. The minimum absolute atomic E-state index is 0.0723. The molecule has 3 heterocycles. The summed E-state index contributed by atoms with van der Waals surface area (Å²) in [6.07, 6.45) is 8.07. The van der Waals surface area contributed by atoms with Crippen molar-refractivity contribution in [2.45, 2.75) is 38.9 Å². The summed E-state index contributed by atoms with van der Waals surface area (Å²) >= 11 is 0. The maximum Gasteiger partial charge on any atom is 0.226 e. The molecule has 6 heteroatoms. The van der Waals surface area contributed by atoms with E-state index in [4.69, 9.17) is 4.98 Å². The van der Waals surface area contributed by atoms with E-state index >= 15 is 0 Å². The van der Waals surface area contributed by atoms with Crippen molar-refractivity contribution in [1.29, 1.82) is 0 Å². The second-order valence-corrected chi connectivity index (χ2v) is 7.69. The first-order chi connectivity index (χ1) is 12.1. The molecule has 3 aliphatic rings. The third-order valence-electron chi connectivity index (χ3n) is 6.00. The minimum atomic E-state index is 0.0723. The van der Waals surface area contributed by atoms with Gasteiger partial charge in [-0.1, -0.05) is 12.2 Å². The summed E-state index contributed by atoms with van der Waals surface area (Å²) in [5.74, 6) is 1.50. The summed E-state index contributed by atoms with van der Waals surface area (Å²) in [5.41, 5.74) is 1.29. The van der Waals surface area contributed by atoms with Crippen molar-refractivity contribution >= 4 is 5.91 Å². The maximum atomic E-state index is 12.8. The van der Waals surface area contributed by atoms with E-state index in [0.29, 0.717) is 5.91 Å². The number of imidazole rings is 1. The first-order valence-electron chi connectivity index (χ1n) is 9.54. The quantitative estimate of drug-likeness (QED) is 0.780. The number of hydrogen-bond donors (Lipinski definition) is 0. The SMILES string of the molecule is C[C@@H]1c2ncc(CN3CCN(C)CC3)n2CCN1C(=O)C1CC=CC1. The molecule has 4 rings (SSSR count). The molecule has 1 amide bonds. The number of rotatable bonds is 3. The summed E-state index contributed by atoms with van der Waals surface area (Å²) in [6, 6.07) is 0.0723. The van der Waals surface area contributed by atoms with E-state index in [1.165, 1.54) is 5.69 Å². The molecule has 0 N–H and O–H groups in total. The van der Waals surface area contributed by atoms with Crippen molar-refractivity contribution < 1.29 is 4.79 Å². The minimum Gasteiger partial charge on any atom is -0.331 e. The second-order valence-electron chi connectivity index (χ2n) is 7.69. The lowest BCUT2D eigenvalue weighted by atomic mass is 10.0. The molecular weight excluding hydrogens is 314 g/mol. The van der Waals surface area contributed by atoms with Gasteiger partial charge in [-0.05, 0) is 26.8 Å². The molecule has 1 saturated heterocycles. The van der Waals surface area contributed by atoms with Crippen LogP contribution in [0, 0.1) is 5.92 Å². The normalized spacial score (nSPS) is 25.5. The number of likely N-dealkylation sites (N-methyl/N-ethyl adjacent to an activating group) is 1. The van der Waals surface area contributed by atoms with Crippen LogP contribution in [0.15, 0.2) is 18.3 Å². The van der Waals surface area contributed by atoms with Crippen LogP contribution in [0.4, 0.5) is 0 Å². The average molecular weight is 343 g/mol. The lowest BCUT2D eigenvalue weighted by Crippen LogP contribution is -2.45. The predicted molar refractivity (Wildman–Crippen MR) is 97.0 cm³/mol. The van der Waals surface area contributed by atoms with E-state index in [1.807, 2.05) is 11.1 Å². The number of hydrogen-bond acceptors (Lipinski definition) is 4. The molecule has 2 aliphatic heterocycles. The fourth-order valence-electron chi connectivity index (χ4n) is 4.28. The van der Waals surface area contributed by atoms with Gasteiger partial charge in [-0.25, -0.2) is 4.98 Å². The van der Waals surface area contributed by atoms with E-state index in [2.05, 4.69) is 40.5 Å². The lowest BCUT2D eigenvalue weighted by molar-refractivity contribution is -0.138. The fraction of sp³-hybridized carbons (Fsp3) is 0.684. The topological polar surface area (TPSA) is 44.6 Å². The molecule has 0 aromatic carbocycles. The number of fused-ring (bicyclic) bond motifs is 1. The Hall–Kier alpha value is -1.66. The van der Waals surface area contributed by atoms with Gasteiger partial charge in [-0.3, -0.25) is 9.69 Å². The highest BCUT2D eigenvalue weighted by molar-refractivity contribution is 5.80. The molecule has 6 nitrogen and oxygen atoms in total. The van der Waals surface area contributed by atoms with Gasteiger partial charge in [0.15, 0.2) is 0 Å². The van der Waals surface area contributed by atoms with Crippen LogP contribution in [-0.4, -0.2) is 69.9 Å². The van der Waals surface area contributed by atoms with Gasteiger partial charge >= 0.3 is 0 Å². The Balaban J connectivity index is 1.45. The Bertz CT molecular complexity index is 651. The van der Waals surface area contributed by atoms with Gasteiger partial charge in [0.1, 0.15) is 5.82 Å². The highest BCUT2D eigenvalue weighted by Gasteiger charge is 2.34. The highest BCUT2D eigenvalue weighted by atomic mass is 16.2. The molecular formula is C19H29N5O. The van der Waals surface area contributed by atoms with Gasteiger partial charge in [0.25, 0.3) is 0 Å². The smallest absolute Gasteiger partial charge is 0.226 e. The van der Waals surface area contributed by atoms with Gasteiger partial charge in [-0.2, -0.15) is 0 Å². The summed E-state index contributed by atoms with van der Waals surface area (Å²) in [6.45, 7) is 9.26. The van der Waals surface area contributed by atoms with Crippen molar-refractivity contribution in [3.05, 3.63) is 29.9 Å². The van der Waals surface area contributed by atoms with Crippen molar-refractivity contribution in [1.82, 2.24) is 24.3 Å². The zero-order valence-electron chi connectivity index (χ0n) is 15.4. The van der Waals surface area contributed by atoms with Crippen molar-refractivity contribution in [3.63, 3.8) is 0 Å². The third-order valence-corrected chi connectivity index (χ3v) is 6.00. The summed E-state index contributed by atoms with van der Waals surface area (Å²) < 4.78 is 2.35. The Labute approximate surface area is 150 Å². The van der Waals surface area contributed by atoms with Gasteiger partial charge in [-0.15, -0.1) is 0 Å². The van der Waals surface area contributed by atoms with E-state index in [0.717, 1.165) is 64.5 Å². The second kappa shape index (κ2) is 6.92. The van der Waals surface area contributed by atoms with Crippen LogP contribution in [0.2, 0.25) is 0 Å². The van der Waals surface area contributed by atoms with Crippen molar-refractivity contribution in [2.75, 3.05) is 39.8 Å². The molecule has 1 aromatic heterocycles. The maximum absolute atomic E-state index is 12.8. The van der Waals surface area contributed by atoms with E-state index < -0.39 is 0 Å². The molecule has 0 unspecified atom stereocenters. The van der Waals surface area contributed by atoms with Crippen LogP contribution in [0.3, 0.4) is 0 Å². The number of aromatic nitrogens is 2. The van der Waals surface area contributed by atoms with Crippen LogP contribution in [0.25, 0.3) is 0 Å². The van der Waals surface area contributed by atoms with Crippen LogP contribution in [0.1, 0.15) is 37.3 Å². The van der Waals surface area contributed by atoms with Gasteiger partial charge in [0.2, 0.25) is 5.91 Å². The first kappa shape index (κ1) is 16.8. The van der Waals surface area contributed by atoms with Crippen LogP contribution in [0.5, 0.6) is 0 Å². The number of carbonyl (C=O) groups excluding carboxylic acids is 1. The van der Waals surface area contributed by atoms with Gasteiger partial charge < -0.3 is 14.4 Å². The fourth-order valence-corrected chi connectivity index (χ4v) is 4.28. The van der Waals surface area contributed by atoms with Crippen LogP contribution < -0.4 is 0 Å². The average Bonchev–Trinajstić information content (AvgIpc) is 3.27. The Morgan fingerprint density at radius 1 is 1.12 bits per heavy atom. The van der Waals surface area contributed by atoms with E-state index in [9.17, 15) is 4.79 Å². The molecule has 25 heavy (non-hydrogen) atoms. The standard InChI is InChI=1S/C19H29N5O/c1-15-18-20-13-17(14-22-9-7-21(2)8-10-22)24(18)12-11-23(15)19(25)16-5-3-4-6-16/h3-4,13,15-16H,5-12,14H2,1-2H3/t15-/m1/s1. The summed E-state index contributed by atoms with van der Waals surface area (Å²) in [7, 11) is 2.19. The molecule has 1 aromatic rings. The molecule has 0 saturated carbocycles. The van der Waals surface area contributed by atoms with Gasteiger partial charge in [0, 0.05) is 57.9 Å². The Morgan fingerprint density at radius 3 is 2.56 bits per heavy atom. The number of carbonyl (C=O) groups is 1. The lowest BCUT2D eigenvalue weighted by Gasteiger charge is -2.37. The van der Waals surface area contributed by atoms with E-state index in [-0.39, 0.29) is 12.0 Å². The number of nitrogens with zero attached hydrogens (tertiary/aromatic N) is 5. The Kier molecular flexibility index (Phi) is 4.65. The number of piperazine rings is 1. The third kappa shape index (κ3) is 3.25. The Morgan fingerprint density at radius 2 is 1.84 bits per heavy atom. The molecule has 136 valence electrons. The molecule has 0 bridgehead atoms. The predicted octanol–water partition coefficient (Wildman–Crippen LogP) is 1.50. The van der Waals surface area contributed by atoms with Crippen molar-refractivity contribution in [2.24, 2.45) is 5.92 Å². The largest absolute Gasteiger partial charge is 0.331 e. The monoisotopic (exact) mass is 343 g/mol. The summed E-state index contributed by atoms with van der Waals surface area (Å²) in [5, 5.41) is 0. The zero-order valence-corrected chi connectivity index (χ0v) is 15.4. The first-order valence-corrected chi connectivity index (χ1v) is 9.54. The molecule has 0 spiro atoms. The number of amides is 1. The zero-order chi connectivity index (χ0) is 17.4. The molecule has 1 atom stereocenters. The molecule has 1 fully saturated rings. The summed E-state index contributed by atoms with van der Waals surface area (Å²) in [4.78, 5) is 24.4. The van der Waals surface area contributed by atoms with Crippen molar-refractivity contribution in [3.8, 4) is 0 Å². The molecule has 1 aliphatic carbocycles. The van der Waals surface area contributed by atoms with Gasteiger partial charge in [0.05, 0.1) is 11.7 Å². The van der Waals surface area contributed by atoms with Crippen LogP contribution in [-0.2, 0) is 17.9 Å². The number of allylic oxidation sites excluding steroid dienone is 2. The van der Waals surface area contributed by atoms with Crippen LogP contribution >= 0.6 is 0 Å².